The lowest BCUT2D eigenvalue weighted by Crippen LogP contribution is -2.37. The summed E-state index contributed by atoms with van der Waals surface area (Å²) >= 11 is 3.44. The molecule has 0 spiro atoms. The molecule has 0 bridgehead atoms. The van der Waals surface area contributed by atoms with Gasteiger partial charge in [-0.1, -0.05) is 6.07 Å². The molecule has 0 aliphatic heterocycles. The summed E-state index contributed by atoms with van der Waals surface area (Å²) in [5.41, 5.74) is 9.72. The fraction of sp³-hybridized carbons (Fsp3) is 0.280. The number of fused-ring (bicyclic) bond motifs is 2. The minimum Gasteiger partial charge on any atom is -0.444 e. The number of imidazole rings is 1. The predicted octanol–water partition coefficient (Wildman–Crippen LogP) is 5.29. The molecule has 0 fully saturated rings. The molecule has 1 aromatic carbocycles. The van der Waals surface area contributed by atoms with Gasteiger partial charge in [0.25, 0.3) is 0 Å². The van der Waals surface area contributed by atoms with Crippen molar-refractivity contribution < 1.29 is 13.9 Å². The number of hydrogen-bond donors (Lipinski definition) is 2. The number of pyridine rings is 2. The first kappa shape index (κ1) is 23.2. The highest BCUT2D eigenvalue weighted by Crippen LogP contribution is 2.37. The van der Waals surface area contributed by atoms with E-state index in [1.807, 2.05) is 41.0 Å². The smallest absolute Gasteiger partial charge is 0.408 e. The van der Waals surface area contributed by atoms with Crippen molar-refractivity contribution in [1.82, 2.24) is 24.8 Å². The molecule has 8 nitrogen and oxygen atoms in total. The summed E-state index contributed by atoms with van der Waals surface area (Å²) in [7, 11) is 0. The van der Waals surface area contributed by atoms with Crippen LogP contribution in [0.4, 0.5) is 15.0 Å². The number of hydrogen-bond acceptors (Lipinski definition) is 6. The zero-order valence-corrected chi connectivity index (χ0v) is 21.0. The molecule has 0 saturated carbocycles. The van der Waals surface area contributed by atoms with Crippen LogP contribution in [0.15, 0.2) is 53.3 Å². The Labute approximate surface area is 209 Å². The van der Waals surface area contributed by atoms with Crippen LogP contribution in [0.3, 0.4) is 0 Å². The number of ether oxygens (including phenoxy) is 1. The SMILES string of the molecule is CC(C)(C)OC(=O)N[C@@H]1c2ccc(-n3c(-c4cccnc4N)nc4ccc(Br)nc43)cc2CC1F. The highest BCUT2D eigenvalue weighted by atomic mass is 79.9. The highest BCUT2D eigenvalue weighted by Gasteiger charge is 2.35. The number of alkyl carbamates (subject to hydrolysis) is 1. The molecule has 2 atom stereocenters. The van der Waals surface area contributed by atoms with Crippen molar-refractivity contribution in [3.05, 3.63) is 64.4 Å². The Kier molecular flexibility index (Phi) is 5.71. The summed E-state index contributed by atoms with van der Waals surface area (Å²) in [4.78, 5) is 25.9. The van der Waals surface area contributed by atoms with Crippen LogP contribution in [0.2, 0.25) is 0 Å². The fourth-order valence-corrected chi connectivity index (χ4v) is 4.60. The molecule has 0 radical (unpaired) electrons. The van der Waals surface area contributed by atoms with Crippen molar-refractivity contribution in [2.75, 3.05) is 5.73 Å². The second-order valence-corrected chi connectivity index (χ2v) is 10.2. The third-order valence-electron chi connectivity index (χ3n) is 5.72. The second-order valence-electron chi connectivity index (χ2n) is 9.41. The van der Waals surface area contributed by atoms with E-state index in [9.17, 15) is 4.79 Å². The molecule has 1 unspecified atom stereocenters. The molecule has 1 aliphatic rings. The van der Waals surface area contributed by atoms with Crippen LogP contribution in [0, 0.1) is 0 Å². The number of rotatable bonds is 3. The average molecular weight is 539 g/mol. The van der Waals surface area contributed by atoms with Gasteiger partial charge in [-0.2, -0.15) is 0 Å². The first-order valence-corrected chi connectivity index (χ1v) is 11.9. The Balaban J connectivity index is 1.59. The van der Waals surface area contributed by atoms with E-state index in [0.717, 1.165) is 11.3 Å². The minimum atomic E-state index is -1.27. The number of carbonyl (C=O) groups excluding carboxylic acids is 1. The minimum absolute atomic E-state index is 0.164. The molecule has 35 heavy (non-hydrogen) atoms. The quantitative estimate of drug-likeness (QED) is 0.343. The summed E-state index contributed by atoms with van der Waals surface area (Å²) in [6.45, 7) is 5.30. The number of halogens is 2. The lowest BCUT2D eigenvalue weighted by molar-refractivity contribution is 0.0479. The van der Waals surface area contributed by atoms with Gasteiger partial charge in [-0.25, -0.2) is 24.1 Å². The molecule has 3 N–H and O–H groups in total. The Morgan fingerprint density at radius 2 is 2.03 bits per heavy atom. The summed E-state index contributed by atoms with van der Waals surface area (Å²) < 4.78 is 22.9. The molecule has 4 aromatic rings. The van der Waals surface area contributed by atoms with Crippen molar-refractivity contribution in [2.45, 2.75) is 45.0 Å². The van der Waals surface area contributed by atoms with Crippen LogP contribution < -0.4 is 11.1 Å². The molecular weight excluding hydrogens is 515 g/mol. The van der Waals surface area contributed by atoms with Gasteiger partial charge in [-0.3, -0.25) is 4.57 Å². The van der Waals surface area contributed by atoms with Crippen molar-refractivity contribution in [3.63, 3.8) is 0 Å². The molecule has 10 heteroatoms. The summed E-state index contributed by atoms with van der Waals surface area (Å²) in [6.07, 6.45) is -0.133. The normalized spacial score (nSPS) is 17.4. The number of nitrogens with two attached hydrogens (primary N) is 1. The van der Waals surface area contributed by atoms with Crippen LogP contribution in [0.5, 0.6) is 0 Å². The lowest BCUT2D eigenvalue weighted by Gasteiger charge is -2.23. The second kappa shape index (κ2) is 8.60. The number of alkyl halides is 1. The predicted molar refractivity (Wildman–Crippen MR) is 135 cm³/mol. The van der Waals surface area contributed by atoms with Gasteiger partial charge in [0.2, 0.25) is 0 Å². The van der Waals surface area contributed by atoms with Crippen molar-refractivity contribution >= 4 is 39.0 Å². The highest BCUT2D eigenvalue weighted by molar-refractivity contribution is 9.10. The van der Waals surface area contributed by atoms with E-state index in [4.69, 9.17) is 15.5 Å². The van der Waals surface area contributed by atoms with Gasteiger partial charge < -0.3 is 15.8 Å². The van der Waals surface area contributed by atoms with Gasteiger partial charge in [0.05, 0.1) is 11.6 Å². The van der Waals surface area contributed by atoms with Gasteiger partial charge in [0, 0.05) is 18.3 Å². The number of nitrogens with one attached hydrogen (secondary N) is 1. The maximum Gasteiger partial charge on any atom is 0.408 e. The zero-order valence-electron chi connectivity index (χ0n) is 19.4. The Hall–Kier alpha value is -3.53. The third-order valence-corrected chi connectivity index (χ3v) is 6.16. The number of nitrogens with zero attached hydrogens (tertiary/aromatic N) is 4. The van der Waals surface area contributed by atoms with E-state index in [1.54, 1.807) is 33.0 Å². The number of benzene rings is 1. The van der Waals surface area contributed by atoms with E-state index in [2.05, 4.69) is 31.2 Å². The van der Waals surface area contributed by atoms with Crippen molar-refractivity contribution in [3.8, 4) is 17.1 Å². The number of aromatic nitrogens is 4. The van der Waals surface area contributed by atoms with Gasteiger partial charge in [-0.05, 0) is 84.2 Å². The number of anilines is 1. The van der Waals surface area contributed by atoms with E-state index in [0.29, 0.717) is 38.5 Å². The van der Waals surface area contributed by atoms with Gasteiger partial charge >= 0.3 is 6.09 Å². The van der Waals surface area contributed by atoms with Crippen LogP contribution in [-0.4, -0.2) is 37.4 Å². The fourth-order valence-electron chi connectivity index (χ4n) is 4.30. The summed E-state index contributed by atoms with van der Waals surface area (Å²) in [5.74, 6) is 0.920. The van der Waals surface area contributed by atoms with Crippen LogP contribution in [-0.2, 0) is 11.2 Å². The van der Waals surface area contributed by atoms with Gasteiger partial charge in [0.15, 0.2) is 11.5 Å². The molecule has 3 aromatic heterocycles. The Morgan fingerprint density at radius 3 is 2.77 bits per heavy atom. The maximum atomic E-state index is 15.0. The van der Waals surface area contributed by atoms with E-state index >= 15 is 4.39 Å². The third kappa shape index (κ3) is 4.45. The summed E-state index contributed by atoms with van der Waals surface area (Å²) in [6, 6.07) is 12.1. The Bertz CT molecular complexity index is 1450. The number of nitrogen functional groups attached to an aromatic ring is 1. The van der Waals surface area contributed by atoms with Crippen LogP contribution >= 0.6 is 15.9 Å². The van der Waals surface area contributed by atoms with Gasteiger partial charge in [0.1, 0.15) is 27.7 Å². The largest absolute Gasteiger partial charge is 0.444 e. The molecule has 180 valence electrons. The number of carbonyl (C=O) groups is 1. The standard InChI is InChI=1S/C25H24BrFN6O2/c1-25(2,3)35-24(34)32-20-15-7-6-14(11-13(15)12-17(20)27)33-22(16-5-4-10-29-21(16)28)30-18-8-9-19(26)31-23(18)33/h4-11,17,20H,12H2,1-3H3,(H2,28,29)(H,32,34)/t17?,20-/m1/s1. The van der Waals surface area contributed by atoms with Crippen molar-refractivity contribution in [2.24, 2.45) is 0 Å². The average Bonchev–Trinajstić information content (AvgIpc) is 3.29. The monoisotopic (exact) mass is 538 g/mol. The first-order valence-electron chi connectivity index (χ1n) is 11.1. The van der Waals surface area contributed by atoms with Crippen LogP contribution in [0.25, 0.3) is 28.2 Å². The van der Waals surface area contributed by atoms with Crippen LogP contribution in [0.1, 0.15) is 37.9 Å². The molecule has 1 amide bonds. The lowest BCUT2D eigenvalue weighted by atomic mass is 10.1. The molecule has 0 saturated heterocycles. The van der Waals surface area contributed by atoms with Crippen molar-refractivity contribution in [1.29, 1.82) is 0 Å². The van der Waals surface area contributed by atoms with E-state index in [1.165, 1.54) is 0 Å². The van der Waals surface area contributed by atoms with E-state index < -0.39 is 23.9 Å². The molecule has 5 rings (SSSR count). The zero-order chi connectivity index (χ0) is 24.9. The van der Waals surface area contributed by atoms with Gasteiger partial charge in [-0.15, -0.1) is 0 Å². The van der Waals surface area contributed by atoms with E-state index in [-0.39, 0.29) is 6.42 Å². The maximum absolute atomic E-state index is 15.0. The first-order chi connectivity index (χ1) is 16.6. The number of amides is 1. The molecule has 3 heterocycles. The molecular formula is C25H24BrFN6O2. The molecule has 1 aliphatic carbocycles. The summed E-state index contributed by atoms with van der Waals surface area (Å²) in [5, 5.41) is 2.68. The Morgan fingerprint density at radius 1 is 1.23 bits per heavy atom. The topological polar surface area (TPSA) is 108 Å².